The summed E-state index contributed by atoms with van der Waals surface area (Å²) >= 11 is 0. The van der Waals surface area contributed by atoms with E-state index in [2.05, 4.69) is 0 Å². The smallest absolute Gasteiger partial charge is 0.323 e. The Morgan fingerprint density at radius 1 is 1.00 bits per heavy atom. The quantitative estimate of drug-likeness (QED) is 0.761. The minimum atomic E-state index is -1.03. The molecule has 2 aromatic carbocycles. The van der Waals surface area contributed by atoms with Gasteiger partial charge in [-0.1, -0.05) is 60.7 Å². The second kappa shape index (κ2) is 9.59. The molecule has 0 aliphatic rings. The number of nitrogens with zero attached hydrogens (tertiary/aromatic N) is 1. The fraction of sp³-hybridized carbons (Fsp3) is 0.300. The van der Waals surface area contributed by atoms with Gasteiger partial charge in [-0.25, -0.2) is 0 Å². The molecule has 0 fully saturated rings. The van der Waals surface area contributed by atoms with E-state index in [9.17, 15) is 9.59 Å². The van der Waals surface area contributed by atoms with E-state index in [4.69, 9.17) is 9.84 Å². The Morgan fingerprint density at radius 3 is 1.96 bits per heavy atom. The molecule has 1 amide bonds. The van der Waals surface area contributed by atoms with Crippen molar-refractivity contribution in [3.05, 3.63) is 71.8 Å². The minimum Gasteiger partial charge on any atom is -0.480 e. The second-order valence-corrected chi connectivity index (χ2v) is 5.78. The maximum Gasteiger partial charge on any atom is 0.323 e. The molecule has 0 spiro atoms. The summed E-state index contributed by atoms with van der Waals surface area (Å²) in [5, 5.41) is 9.07. The Morgan fingerprint density at radius 2 is 1.52 bits per heavy atom. The van der Waals surface area contributed by atoms with Crippen LogP contribution in [0, 0.1) is 0 Å². The number of amides is 1. The van der Waals surface area contributed by atoms with Gasteiger partial charge in [0.15, 0.2) is 0 Å². The molecule has 0 unspecified atom stereocenters. The average Bonchev–Trinajstić information content (AvgIpc) is 2.64. The fourth-order valence-electron chi connectivity index (χ4n) is 2.76. The first-order valence-electron chi connectivity index (χ1n) is 8.20. The molecule has 0 aliphatic carbocycles. The van der Waals surface area contributed by atoms with Crippen molar-refractivity contribution in [3.8, 4) is 0 Å². The van der Waals surface area contributed by atoms with Crippen molar-refractivity contribution in [2.45, 2.75) is 12.3 Å². The highest BCUT2D eigenvalue weighted by Gasteiger charge is 2.23. The highest BCUT2D eigenvalue weighted by atomic mass is 16.5. The molecule has 5 nitrogen and oxygen atoms in total. The first kappa shape index (κ1) is 18.7. The van der Waals surface area contributed by atoms with Crippen LogP contribution in [0.1, 0.15) is 23.5 Å². The van der Waals surface area contributed by atoms with Crippen molar-refractivity contribution in [2.75, 3.05) is 26.8 Å². The summed E-state index contributed by atoms with van der Waals surface area (Å²) in [6.07, 6.45) is 0.213. The molecule has 0 aromatic heterocycles. The monoisotopic (exact) mass is 341 g/mol. The lowest BCUT2D eigenvalue weighted by atomic mass is 9.88. The van der Waals surface area contributed by atoms with E-state index in [0.29, 0.717) is 6.61 Å². The van der Waals surface area contributed by atoms with Gasteiger partial charge in [0, 0.05) is 26.0 Å². The van der Waals surface area contributed by atoms with Crippen molar-refractivity contribution < 1.29 is 19.4 Å². The molecule has 0 saturated carbocycles. The predicted octanol–water partition coefficient (Wildman–Crippen LogP) is 2.77. The number of hydrogen-bond acceptors (Lipinski definition) is 3. The van der Waals surface area contributed by atoms with Crippen molar-refractivity contribution >= 4 is 11.9 Å². The Bertz CT molecular complexity index is 633. The summed E-state index contributed by atoms with van der Waals surface area (Å²) in [4.78, 5) is 25.2. The standard InChI is InChI=1S/C20H23NO4/c1-25-13-12-21(15-20(23)24)19(22)14-18(16-8-4-2-5-9-16)17-10-6-3-7-11-17/h2-11,18H,12-15H2,1H3,(H,23,24). The Labute approximate surface area is 147 Å². The number of carboxylic acids is 1. The number of carbonyl (C=O) groups is 2. The van der Waals surface area contributed by atoms with Gasteiger partial charge >= 0.3 is 5.97 Å². The number of carbonyl (C=O) groups excluding carboxylic acids is 1. The van der Waals surface area contributed by atoms with Gasteiger partial charge < -0.3 is 14.7 Å². The first-order chi connectivity index (χ1) is 12.1. The Balaban J connectivity index is 2.22. The normalized spacial score (nSPS) is 10.6. The maximum atomic E-state index is 12.7. The third kappa shape index (κ3) is 5.72. The van der Waals surface area contributed by atoms with Gasteiger partial charge in [-0.15, -0.1) is 0 Å². The highest BCUT2D eigenvalue weighted by Crippen LogP contribution is 2.28. The number of carboxylic acid groups (broad SMARTS) is 1. The van der Waals surface area contributed by atoms with Gasteiger partial charge in [-0.05, 0) is 11.1 Å². The number of rotatable bonds is 9. The summed E-state index contributed by atoms with van der Waals surface area (Å²) in [6, 6.07) is 19.6. The van der Waals surface area contributed by atoms with Gasteiger partial charge in [-0.3, -0.25) is 9.59 Å². The van der Waals surface area contributed by atoms with Crippen LogP contribution in [-0.4, -0.2) is 48.7 Å². The third-order valence-electron chi connectivity index (χ3n) is 4.03. The Hall–Kier alpha value is -2.66. The molecule has 132 valence electrons. The van der Waals surface area contributed by atoms with Crippen LogP contribution in [0.2, 0.25) is 0 Å². The van der Waals surface area contributed by atoms with E-state index in [1.54, 1.807) is 0 Å². The number of benzene rings is 2. The summed E-state index contributed by atoms with van der Waals surface area (Å²) in [5.41, 5.74) is 2.06. The fourth-order valence-corrected chi connectivity index (χ4v) is 2.76. The lowest BCUT2D eigenvalue weighted by molar-refractivity contribution is -0.145. The lowest BCUT2D eigenvalue weighted by Crippen LogP contribution is -2.38. The summed E-state index contributed by atoms with van der Waals surface area (Å²) in [7, 11) is 1.53. The van der Waals surface area contributed by atoms with Crippen LogP contribution < -0.4 is 0 Å². The summed E-state index contributed by atoms with van der Waals surface area (Å²) in [6.45, 7) is 0.247. The highest BCUT2D eigenvalue weighted by molar-refractivity contribution is 5.82. The second-order valence-electron chi connectivity index (χ2n) is 5.78. The Kier molecular flexibility index (Phi) is 7.16. The average molecular weight is 341 g/mol. The number of ether oxygens (including phenoxy) is 1. The van der Waals surface area contributed by atoms with Crippen molar-refractivity contribution in [1.82, 2.24) is 4.90 Å². The van der Waals surface area contributed by atoms with Gasteiger partial charge in [0.2, 0.25) is 5.91 Å². The van der Waals surface area contributed by atoms with Crippen LogP contribution in [0.15, 0.2) is 60.7 Å². The van der Waals surface area contributed by atoms with Gasteiger partial charge in [0.05, 0.1) is 6.61 Å². The molecule has 5 heteroatoms. The maximum absolute atomic E-state index is 12.7. The van der Waals surface area contributed by atoms with E-state index in [0.717, 1.165) is 11.1 Å². The zero-order valence-corrected chi connectivity index (χ0v) is 14.3. The molecule has 25 heavy (non-hydrogen) atoms. The molecule has 0 saturated heterocycles. The molecule has 1 N–H and O–H groups in total. The lowest BCUT2D eigenvalue weighted by Gasteiger charge is -2.24. The SMILES string of the molecule is COCCN(CC(=O)O)C(=O)CC(c1ccccc1)c1ccccc1. The van der Waals surface area contributed by atoms with Crippen LogP contribution >= 0.6 is 0 Å². The largest absolute Gasteiger partial charge is 0.480 e. The molecule has 2 aromatic rings. The van der Waals surface area contributed by atoms with Gasteiger partial charge in [-0.2, -0.15) is 0 Å². The molecule has 0 radical (unpaired) electrons. The summed E-state index contributed by atoms with van der Waals surface area (Å²) < 4.78 is 4.99. The topological polar surface area (TPSA) is 66.8 Å². The van der Waals surface area contributed by atoms with Crippen molar-refractivity contribution in [1.29, 1.82) is 0 Å². The molecule has 2 rings (SSSR count). The molecule has 0 heterocycles. The van der Waals surface area contributed by atoms with Crippen molar-refractivity contribution in [3.63, 3.8) is 0 Å². The number of aliphatic carboxylic acids is 1. The summed E-state index contributed by atoms with van der Waals surface area (Å²) in [5.74, 6) is -1.34. The molecular formula is C20H23NO4. The van der Waals surface area contributed by atoms with Crippen LogP contribution in [0.3, 0.4) is 0 Å². The number of methoxy groups -OCH3 is 1. The molecule has 0 aliphatic heterocycles. The van der Waals surface area contributed by atoms with Crippen molar-refractivity contribution in [2.24, 2.45) is 0 Å². The molecule has 0 bridgehead atoms. The van der Waals surface area contributed by atoms with E-state index in [-0.39, 0.29) is 31.3 Å². The predicted molar refractivity (Wildman–Crippen MR) is 95.4 cm³/mol. The van der Waals surface area contributed by atoms with Crippen LogP contribution in [0.4, 0.5) is 0 Å². The minimum absolute atomic E-state index is 0.117. The zero-order chi connectivity index (χ0) is 18.1. The van der Waals surface area contributed by atoms with Gasteiger partial charge in [0.25, 0.3) is 0 Å². The molecule has 0 atom stereocenters. The third-order valence-corrected chi connectivity index (χ3v) is 4.03. The zero-order valence-electron chi connectivity index (χ0n) is 14.3. The van der Waals surface area contributed by atoms with Crippen LogP contribution in [0.5, 0.6) is 0 Å². The van der Waals surface area contributed by atoms with E-state index < -0.39 is 5.97 Å². The van der Waals surface area contributed by atoms with E-state index in [1.807, 2.05) is 60.7 Å². The van der Waals surface area contributed by atoms with Crippen LogP contribution in [0.25, 0.3) is 0 Å². The first-order valence-corrected chi connectivity index (χ1v) is 8.20. The van der Waals surface area contributed by atoms with Gasteiger partial charge in [0.1, 0.15) is 6.54 Å². The molecular weight excluding hydrogens is 318 g/mol. The van der Waals surface area contributed by atoms with Crippen LogP contribution in [-0.2, 0) is 14.3 Å². The van der Waals surface area contributed by atoms with E-state index in [1.165, 1.54) is 12.0 Å². The van der Waals surface area contributed by atoms with E-state index >= 15 is 0 Å². The number of hydrogen-bond donors (Lipinski definition) is 1.